The number of rotatable bonds is 9. The molecule has 2 aromatic carbocycles. The first-order chi connectivity index (χ1) is 20.7. The van der Waals surface area contributed by atoms with Crippen molar-refractivity contribution in [3.63, 3.8) is 0 Å². The number of amides is 1. The van der Waals surface area contributed by atoms with E-state index in [1.54, 1.807) is 30.3 Å². The highest BCUT2D eigenvalue weighted by molar-refractivity contribution is 6.34. The Kier molecular flexibility index (Phi) is 8.84. The van der Waals surface area contributed by atoms with Crippen LogP contribution in [0.4, 0.5) is 48.3 Å². The molecule has 0 spiro atoms. The van der Waals surface area contributed by atoms with E-state index in [0.717, 1.165) is 18.0 Å². The highest BCUT2D eigenvalue weighted by atomic mass is 35.5. The van der Waals surface area contributed by atoms with Gasteiger partial charge in [-0.15, -0.1) is 0 Å². The summed E-state index contributed by atoms with van der Waals surface area (Å²) in [6.07, 6.45) is -22.1. The van der Waals surface area contributed by atoms with Gasteiger partial charge in [0.1, 0.15) is 0 Å². The summed E-state index contributed by atoms with van der Waals surface area (Å²) in [5, 5.41) is 9.18. The first-order valence-corrected chi connectivity index (χ1v) is 12.6. The first-order valence-electron chi connectivity index (χ1n) is 12.2. The fourth-order valence-corrected chi connectivity index (χ4v) is 4.10. The van der Waals surface area contributed by atoms with Gasteiger partial charge >= 0.3 is 24.4 Å². The van der Waals surface area contributed by atoms with Gasteiger partial charge in [0.25, 0.3) is 12.1 Å². The third-order valence-corrected chi connectivity index (χ3v) is 6.42. The zero-order chi connectivity index (χ0) is 33.5. The monoisotopic (exact) mass is 675 g/mol. The summed E-state index contributed by atoms with van der Waals surface area (Å²) in [6, 6.07) is 12.6. The van der Waals surface area contributed by atoms with Crippen molar-refractivity contribution in [3.8, 4) is 22.7 Å². The van der Waals surface area contributed by atoms with Gasteiger partial charge in [0, 0.05) is 25.4 Å². The van der Waals surface area contributed by atoms with E-state index in [9.17, 15) is 53.1 Å². The molecular formula is C26H17ClF11N5O2. The van der Waals surface area contributed by atoms with Crippen LogP contribution in [0, 0.1) is 0 Å². The van der Waals surface area contributed by atoms with Gasteiger partial charge in [-0.2, -0.15) is 54.1 Å². The van der Waals surface area contributed by atoms with Gasteiger partial charge in [-0.05, 0) is 23.3 Å². The van der Waals surface area contributed by atoms with Crippen LogP contribution in [0.25, 0.3) is 16.9 Å². The Balaban J connectivity index is 1.75. The largest absolute Gasteiger partial charge is 0.459 e. The second-order valence-electron chi connectivity index (χ2n) is 9.30. The molecule has 0 fully saturated rings. The van der Waals surface area contributed by atoms with Crippen LogP contribution in [0.2, 0.25) is 5.02 Å². The van der Waals surface area contributed by atoms with Gasteiger partial charge in [0.2, 0.25) is 5.75 Å². The van der Waals surface area contributed by atoms with Crippen LogP contribution in [0.3, 0.4) is 0 Å². The van der Waals surface area contributed by atoms with Crippen molar-refractivity contribution < 1.29 is 57.8 Å². The van der Waals surface area contributed by atoms with E-state index in [1.165, 1.54) is 18.2 Å². The Bertz CT molecular complexity index is 1680. The lowest BCUT2D eigenvalue weighted by Crippen LogP contribution is -2.46. The maximum atomic E-state index is 14.3. The number of ether oxygens (including phenoxy) is 1. The van der Waals surface area contributed by atoms with Gasteiger partial charge in [0.05, 0.1) is 16.8 Å². The van der Waals surface area contributed by atoms with Gasteiger partial charge in [-0.25, -0.2) is 13.8 Å². The lowest BCUT2D eigenvalue weighted by Gasteiger charge is -2.25. The van der Waals surface area contributed by atoms with E-state index in [4.69, 9.17) is 11.6 Å². The van der Waals surface area contributed by atoms with Gasteiger partial charge in [-0.1, -0.05) is 48.0 Å². The molecule has 4 aromatic rings. The molecule has 0 aliphatic heterocycles. The van der Waals surface area contributed by atoms with Gasteiger partial charge in [0.15, 0.2) is 11.5 Å². The molecule has 0 bridgehead atoms. The van der Waals surface area contributed by atoms with E-state index < -0.39 is 53.7 Å². The average Bonchev–Trinajstić information content (AvgIpc) is 3.55. The Morgan fingerprint density at radius 1 is 0.978 bits per heavy atom. The number of aromatic nitrogens is 4. The molecule has 0 radical (unpaired) electrons. The molecule has 1 atom stereocenters. The lowest BCUT2D eigenvalue weighted by molar-refractivity contribution is -0.309. The molecule has 1 amide bonds. The second kappa shape index (κ2) is 11.9. The number of aryl methyl sites for hydroxylation is 1. The molecule has 242 valence electrons. The molecule has 45 heavy (non-hydrogen) atoms. The number of carbonyl (C=O) groups is 1. The smallest absolute Gasteiger partial charge is 0.424 e. The number of hydrogen-bond acceptors (Lipinski definition) is 4. The maximum absolute atomic E-state index is 14.3. The molecule has 0 saturated heterocycles. The van der Waals surface area contributed by atoms with E-state index in [0.29, 0.717) is 11.7 Å². The number of hydrogen-bond donors (Lipinski definition) is 1. The Morgan fingerprint density at radius 2 is 1.62 bits per heavy atom. The van der Waals surface area contributed by atoms with Gasteiger partial charge < -0.3 is 10.1 Å². The van der Waals surface area contributed by atoms with E-state index in [1.807, 2.05) is 0 Å². The van der Waals surface area contributed by atoms with E-state index >= 15 is 0 Å². The topological polar surface area (TPSA) is 74.0 Å². The summed E-state index contributed by atoms with van der Waals surface area (Å²) >= 11 is 6.15. The molecule has 0 aliphatic rings. The minimum Gasteiger partial charge on any atom is -0.424 e. The number of halogens is 12. The van der Waals surface area contributed by atoms with Crippen molar-refractivity contribution in [3.05, 3.63) is 82.8 Å². The van der Waals surface area contributed by atoms with Crippen LogP contribution in [0.1, 0.15) is 21.6 Å². The van der Waals surface area contributed by atoms with Crippen molar-refractivity contribution in [2.24, 2.45) is 7.05 Å². The molecule has 1 unspecified atom stereocenters. The fourth-order valence-electron chi connectivity index (χ4n) is 3.90. The fraction of sp³-hybridized carbons (Fsp3) is 0.269. The summed E-state index contributed by atoms with van der Waals surface area (Å²) in [5.41, 5.74) is -1.75. The zero-order valence-corrected chi connectivity index (χ0v) is 23.0. The van der Waals surface area contributed by atoms with Crippen molar-refractivity contribution in [1.82, 2.24) is 24.9 Å². The predicted molar refractivity (Wildman–Crippen MR) is 135 cm³/mol. The summed E-state index contributed by atoms with van der Waals surface area (Å²) in [5.74, 6) is -10.2. The Morgan fingerprint density at radius 3 is 2.22 bits per heavy atom. The Labute approximate surface area is 250 Å². The van der Waals surface area contributed by atoms with E-state index in [2.05, 4.69) is 20.3 Å². The predicted octanol–water partition coefficient (Wildman–Crippen LogP) is 7.38. The lowest BCUT2D eigenvalue weighted by atomic mass is 10.1. The molecule has 0 saturated carbocycles. The number of nitrogens with one attached hydrogen (secondary N) is 1. The number of carbonyl (C=O) groups excluding carboxylic acids is 1. The summed E-state index contributed by atoms with van der Waals surface area (Å²) in [4.78, 5) is 12.8. The molecule has 4 rings (SSSR count). The highest BCUT2D eigenvalue weighted by Gasteiger charge is 2.65. The minimum atomic E-state index is -6.48. The van der Waals surface area contributed by atoms with Crippen molar-refractivity contribution in [1.29, 1.82) is 0 Å². The standard InChI is InChI=1S/C26H17ClF11N5O2/c1-42-21(18(19(41-42)23(29,30)26(36,37)38)45-25(34,35)22(28)24(31,32)33)43-12-15(11-40-43)14-7-8-17(27)16(9-14)20(44)39-10-13-5-3-2-4-6-13/h2-9,11-12,22H,10H2,1H3,(H,39,44). The van der Waals surface area contributed by atoms with Crippen molar-refractivity contribution in [2.45, 2.75) is 37.1 Å². The highest BCUT2D eigenvalue weighted by Crippen LogP contribution is 2.50. The van der Waals surface area contributed by atoms with Crippen LogP contribution in [0.15, 0.2) is 60.9 Å². The Hall–Kier alpha value is -4.35. The van der Waals surface area contributed by atoms with Crippen LogP contribution in [-0.2, 0) is 19.5 Å². The molecule has 19 heteroatoms. The van der Waals surface area contributed by atoms with Crippen molar-refractivity contribution >= 4 is 17.5 Å². The van der Waals surface area contributed by atoms with E-state index in [-0.39, 0.29) is 32.9 Å². The summed E-state index contributed by atoms with van der Waals surface area (Å²) in [6.45, 7) is 0.116. The average molecular weight is 676 g/mol. The third kappa shape index (κ3) is 6.84. The minimum absolute atomic E-state index is 0.00859. The van der Waals surface area contributed by atoms with Crippen LogP contribution >= 0.6 is 11.6 Å². The summed E-state index contributed by atoms with van der Waals surface area (Å²) < 4.78 is 152. The normalized spacial score (nSPS) is 13.5. The van der Waals surface area contributed by atoms with Crippen molar-refractivity contribution in [2.75, 3.05) is 0 Å². The molecular weight excluding hydrogens is 659 g/mol. The van der Waals surface area contributed by atoms with Crippen LogP contribution in [-0.4, -0.2) is 50.1 Å². The van der Waals surface area contributed by atoms with Gasteiger partial charge in [-0.3, -0.25) is 4.79 Å². The molecule has 1 N–H and O–H groups in total. The maximum Gasteiger partial charge on any atom is 0.459 e. The molecule has 0 aliphatic carbocycles. The SMILES string of the molecule is Cn1nc(C(F)(F)C(F)(F)F)c(OC(F)(F)C(F)C(F)(F)F)c1-n1cc(-c2ccc(Cl)c(C(=O)NCc3ccccc3)c2)cn1. The van der Waals surface area contributed by atoms with Crippen LogP contribution in [0.5, 0.6) is 5.75 Å². The van der Waals surface area contributed by atoms with Crippen LogP contribution < -0.4 is 10.1 Å². The number of nitrogens with zero attached hydrogens (tertiary/aromatic N) is 4. The number of benzene rings is 2. The number of alkyl halides is 11. The third-order valence-electron chi connectivity index (χ3n) is 6.09. The summed E-state index contributed by atoms with van der Waals surface area (Å²) in [7, 11) is 0.672. The first kappa shape index (κ1) is 33.5. The molecule has 2 aromatic heterocycles. The quantitative estimate of drug-likeness (QED) is 0.188. The second-order valence-corrected chi connectivity index (χ2v) is 9.71. The molecule has 7 nitrogen and oxygen atoms in total. The zero-order valence-electron chi connectivity index (χ0n) is 22.2. The molecule has 2 heterocycles.